The van der Waals surface area contributed by atoms with Crippen LogP contribution in [0.4, 0.5) is 8.78 Å². The Morgan fingerprint density at radius 1 is 1.15 bits per heavy atom. The van der Waals surface area contributed by atoms with Gasteiger partial charge in [-0.2, -0.15) is 0 Å². The molecule has 0 saturated carbocycles. The molecule has 0 aromatic heterocycles. The molecule has 114 valence electrons. The Morgan fingerprint density at radius 2 is 1.80 bits per heavy atom. The van der Waals surface area contributed by atoms with Crippen LogP contribution in [0.25, 0.3) is 0 Å². The van der Waals surface area contributed by atoms with Crippen LogP contribution in [-0.2, 0) is 0 Å². The predicted octanol–water partition coefficient (Wildman–Crippen LogP) is 3.66. The minimum absolute atomic E-state index is 0.180. The number of halogens is 2. The van der Waals surface area contributed by atoms with Gasteiger partial charge in [0.25, 0.3) is 0 Å². The van der Waals surface area contributed by atoms with E-state index in [0.29, 0.717) is 18.5 Å². The summed E-state index contributed by atoms with van der Waals surface area (Å²) >= 11 is 0. The Morgan fingerprint density at radius 3 is 2.35 bits per heavy atom. The van der Waals surface area contributed by atoms with Gasteiger partial charge in [0.1, 0.15) is 11.6 Å². The van der Waals surface area contributed by atoms with Gasteiger partial charge in [-0.3, -0.25) is 0 Å². The predicted molar refractivity (Wildman–Crippen MR) is 79.9 cm³/mol. The quantitative estimate of drug-likeness (QED) is 0.784. The van der Waals surface area contributed by atoms with Crippen LogP contribution in [0.15, 0.2) is 12.1 Å². The topological polar surface area (TPSA) is 15.3 Å². The summed E-state index contributed by atoms with van der Waals surface area (Å²) in [6.45, 7) is 11.2. The third kappa shape index (κ3) is 4.25. The van der Waals surface area contributed by atoms with Gasteiger partial charge >= 0.3 is 0 Å². The summed E-state index contributed by atoms with van der Waals surface area (Å²) in [5.74, 6) is -0.880. The van der Waals surface area contributed by atoms with Gasteiger partial charge in [0.15, 0.2) is 0 Å². The molecule has 0 aliphatic heterocycles. The normalized spacial score (nSPS) is 12.9. The highest BCUT2D eigenvalue weighted by Crippen LogP contribution is 2.25. The van der Waals surface area contributed by atoms with Crippen molar-refractivity contribution >= 4 is 0 Å². The smallest absolute Gasteiger partial charge is 0.133 e. The first-order valence-electron chi connectivity index (χ1n) is 7.45. The summed E-state index contributed by atoms with van der Waals surface area (Å²) in [5, 5.41) is 3.20. The van der Waals surface area contributed by atoms with Crippen molar-refractivity contribution in [2.45, 2.75) is 40.2 Å². The van der Waals surface area contributed by atoms with Gasteiger partial charge in [-0.15, -0.1) is 0 Å². The molecule has 20 heavy (non-hydrogen) atoms. The summed E-state index contributed by atoms with van der Waals surface area (Å²) < 4.78 is 28.2. The molecular weight excluding hydrogens is 258 g/mol. The summed E-state index contributed by atoms with van der Waals surface area (Å²) in [5.41, 5.74) is 0.672. The number of aryl methyl sites for hydroxylation is 1. The summed E-state index contributed by atoms with van der Waals surface area (Å²) in [4.78, 5) is 2.26. The van der Waals surface area contributed by atoms with E-state index in [-0.39, 0.29) is 11.6 Å². The van der Waals surface area contributed by atoms with Crippen LogP contribution in [0.5, 0.6) is 0 Å². The van der Waals surface area contributed by atoms with Crippen molar-refractivity contribution in [2.75, 3.05) is 26.2 Å². The Balaban J connectivity index is 2.93. The molecule has 0 saturated heterocycles. The number of nitrogens with one attached hydrogen (secondary N) is 1. The second-order valence-electron chi connectivity index (χ2n) is 5.02. The number of nitrogens with zero attached hydrogens (tertiary/aromatic N) is 1. The van der Waals surface area contributed by atoms with Crippen LogP contribution in [0.3, 0.4) is 0 Å². The second-order valence-corrected chi connectivity index (χ2v) is 5.02. The monoisotopic (exact) mass is 284 g/mol. The van der Waals surface area contributed by atoms with Crippen molar-refractivity contribution in [3.63, 3.8) is 0 Å². The van der Waals surface area contributed by atoms with Crippen LogP contribution in [0.1, 0.15) is 44.4 Å². The van der Waals surface area contributed by atoms with Crippen LogP contribution < -0.4 is 5.32 Å². The fourth-order valence-electron chi connectivity index (χ4n) is 2.44. The van der Waals surface area contributed by atoms with E-state index in [1.165, 1.54) is 12.1 Å². The first kappa shape index (κ1) is 17.1. The second kappa shape index (κ2) is 8.32. The molecule has 1 unspecified atom stereocenters. The number of hydrogen-bond donors (Lipinski definition) is 1. The van der Waals surface area contributed by atoms with Gasteiger partial charge in [0.2, 0.25) is 0 Å². The van der Waals surface area contributed by atoms with Crippen molar-refractivity contribution < 1.29 is 8.78 Å². The highest BCUT2D eigenvalue weighted by molar-refractivity contribution is 5.29. The van der Waals surface area contributed by atoms with Crippen LogP contribution in [-0.4, -0.2) is 31.1 Å². The fourth-order valence-corrected chi connectivity index (χ4v) is 2.44. The van der Waals surface area contributed by atoms with Crippen molar-refractivity contribution in [1.82, 2.24) is 10.2 Å². The average Bonchev–Trinajstić information content (AvgIpc) is 2.44. The van der Waals surface area contributed by atoms with Crippen molar-refractivity contribution in [1.29, 1.82) is 0 Å². The molecule has 4 heteroatoms. The molecule has 1 atom stereocenters. The van der Waals surface area contributed by atoms with E-state index in [0.717, 1.165) is 19.6 Å². The standard InChI is InChI=1S/C16H26F2N2/c1-5-19-14(10-11-20(6-2)7-3)15-13(17)9-8-12(4)16(15)18/h8-9,14,19H,5-7,10-11H2,1-4H3. The molecule has 2 nitrogen and oxygen atoms in total. The zero-order valence-electron chi connectivity index (χ0n) is 13.0. The summed E-state index contributed by atoms with van der Waals surface area (Å²) in [6, 6.07) is 2.57. The van der Waals surface area contributed by atoms with E-state index in [4.69, 9.17) is 0 Å². The van der Waals surface area contributed by atoms with Crippen molar-refractivity contribution in [3.05, 3.63) is 34.9 Å². The molecule has 0 bridgehead atoms. The van der Waals surface area contributed by atoms with E-state index in [2.05, 4.69) is 24.1 Å². The molecule has 0 aliphatic rings. The molecule has 1 N–H and O–H groups in total. The largest absolute Gasteiger partial charge is 0.310 e. The molecule has 0 spiro atoms. The van der Waals surface area contributed by atoms with Crippen molar-refractivity contribution in [2.24, 2.45) is 0 Å². The first-order chi connectivity index (χ1) is 9.54. The van der Waals surface area contributed by atoms with E-state index in [1.807, 2.05) is 6.92 Å². The highest BCUT2D eigenvalue weighted by atomic mass is 19.1. The van der Waals surface area contributed by atoms with Crippen LogP contribution in [0, 0.1) is 18.6 Å². The van der Waals surface area contributed by atoms with Gasteiger partial charge in [-0.05, 0) is 51.2 Å². The lowest BCUT2D eigenvalue weighted by Gasteiger charge is -2.24. The maximum Gasteiger partial charge on any atom is 0.133 e. The lowest BCUT2D eigenvalue weighted by atomic mass is 9.99. The third-order valence-corrected chi connectivity index (χ3v) is 3.75. The minimum atomic E-state index is -0.460. The van der Waals surface area contributed by atoms with Crippen LogP contribution in [0.2, 0.25) is 0 Å². The van der Waals surface area contributed by atoms with Gasteiger partial charge in [0, 0.05) is 11.6 Å². The number of rotatable bonds is 8. The maximum absolute atomic E-state index is 14.2. The van der Waals surface area contributed by atoms with Gasteiger partial charge < -0.3 is 10.2 Å². The lowest BCUT2D eigenvalue weighted by molar-refractivity contribution is 0.279. The Hall–Kier alpha value is -1.00. The van der Waals surface area contributed by atoms with Gasteiger partial charge in [-0.1, -0.05) is 26.8 Å². The molecule has 0 radical (unpaired) electrons. The Kier molecular flexibility index (Phi) is 7.10. The van der Waals surface area contributed by atoms with E-state index in [9.17, 15) is 8.78 Å². The zero-order valence-corrected chi connectivity index (χ0v) is 13.0. The average molecular weight is 284 g/mol. The summed E-state index contributed by atoms with van der Waals surface area (Å²) in [6.07, 6.45) is 0.701. The summed E-state index contributed by atoms with van der Waals surface area (Å²) in [7, 11) is 0. The molecule has 1 rings (SSSR count). The maximum atomic E-state index is 14.2. The van der Waals surface area contributed by atoms with Gasteiger partial charge in [0.05, 0.1) is 0 Å². The third-order valence-electron chi connectivity index (χ3n) is 3.75. The molecule has 0 amide bonds. The molecule has 1 aromatic carbocycles. The van der Waals surface area contributed by atoms with E-state index < -0.39 is 11.6 Å². The zero-order chi connectivity index (χ0) is 15.1. The molecule has 0 aliphatic carbocycles. The molecule has 0 fully saturated rings. The molecule has 0 heterocycles. The minimum Gasteiger partial charge on any atom is -0.310 e. The van der Waals surface area contributed by atoms with Crippen LogP contribution >= 0.6 is 0 Å². The Bertz CT molecular complexity index is 417. The van der Waals surface area contributed by atoms with E-state index in [1.54, 1.807) is 6.92 Å². The number of benzene rings is 1. The van der Waals surface area contributed by atoms with Crippen molar-refractivity contribution in [3.8, 4) is 0 Å². The fraction of sp³-hybridized carbons (Fsp3) is 0.625. The lowest BCUT2D eigenvalue weighted by Crippen LogP contribution is -2.30. The number of hydrogen-bond acceptors (Lipinski definition) is 2. The highest BCUT2D eigenvalue weighted by Gasteiger charge is 2.21. The molecule has 1 aromatic rings. The Labute approximate surface area is 121 Å². The van der Waals surface area contributed by atoms with Gasteiger partial charge in [-0.25, -0.2) is 8.78 Å². The van der Waals surface area contributed by atoms with E-state index >= 15 is 0 Å². The SMILES string of the molecule is CCNC(CCN(CC)CC)c1c(F)ccc(C)c1F. The first-order valence-corrected chi connectivity index (χ1v) is 7.45. The molecular formula is C16H26F2N2.